The Kier molecular flexibility index (Phi) is 5.91. The van der Waals surface area contributed by atoms with E-state index < -0.39 is 0 Å². The Morgan fingerprint density at radius 2 is 1.84 bits per heavy atom. The fourth-order valence-electron chi connectivity index (χ4n) is 4.02. The molecule has 1 aliphatic heterocycles. The summed E-state index contributed by atoms with van der Waals surface area (Å²) < 4.78 is 3.97. The number of hydrogen-bond donors (Lipinski definition) is 0. The summed E-state index contributed by atoms with van der Waals surface area (Å²) in [5.74, 6) is 0.0780. The molecule has 0 unspecified atom stereocenters. The summed E-state index contributed by atoms with van der Waals surface area (Å²) in [6.07, 6.45) is 9.60. The van der Waals surface area contributed by atoms with Gasteiger partial charge in [0.25, 0.3) is 5.91 Å². The number of fused-ring (bicyclic) bond motifs is 1. The van der Waals surface area contributed by atoms with Crippen molar-refractivity contribution in [1.82, 2.24) is 28.7 Å². The molecule has 1 fully saturated rings. The Bertz CT molecular complexity index is 1240. The lowest BCUT2D eigenvalue weighted by Gasteiger charge is -2.34. The highest BCUT2D eigenvalue weighted by molar-refractivity contribution is 7.98. The molecule has 0 bridgehead atoms. The molecule has 0 spiro atoms. The molecular weight excluding hydrogens is 444 g/mol. The van der Waals surface area contributed by atoms with Gasteiger partial charge in [0.15, 0.2) is 5.16 Å². The third kappa shape index (κ3) is 4.26. The van der Waals surface area contributed by atoms with E-state index in [4.69, 9.17) is 11.6 Å². The van der Waals surface area contributed by atoms with Crippen molar-refractivity contribution in [3.8, 4) is 5.69 Å². The molecule has 3 aromatic heterocycles. The van der Waals surface area contributed by atoms with Crippen LogP contribution in [0.3, 0.4) is 0 Å². The van der Waals surface area contributed by atoms with Crippen LogP contribution in [-0.2, 0) is 6.54 Å². The second kappa shape index (κ2) is 8.97. The van der Waals surface area contributed by atoms with Crippen LogP contribution in [0.5, 0.6) is 0 Å². The molecule has 0 aliphatic carbocycles. The Hall–Kier alpha value is -2.81. The molecule has 1 amide bonds. The average molecular weight is 467 g/mol. The standard InChI is InChI=1S/C23H23ClN6OS/c1-32-23-25-8-9-30(23)20-5-2-17(3-6-20)22(31)28-12-10-27(11-13-28)15-19-16-29-14-18(24)4-7-21(29)26-19/h2-9,14,16H,10-13,15H2,1H3. The first kappa shape index (κ1) is 21.1. The van der Waals surface area contributed by atoms with Gasteiger partial charge in [-0.2, -0.15) is 0 Å². The largest absolute Gasteiger partial charge is 0.336 e. The van der Waals surface area contributed by atoms with E-state index in [0.717, 1.165) is 41.8 Å². The summed E-state index contributed by atoms with van der Waals surface area (Å²) in [5.41, 5.74) is 3.61. The van der Waals surface area contributed by atoms with Crippen LogP contribution < -0.4 is 0 Å². The first-order valence-electron chi connectivity index (χ1n) is 10.4. The number of imidazole rings is 2. The number of amides is 1. The lowest BCUT2D eigenvalue weighted by molar-refractivity contribution is 0.0627. The van der Waals surface area contributed by atoms with Crippen LogP contribution in [0.15, 0.2) is 66.3 Å². The van der Waals surface area contributed by atoms with Crippen molar-refractivity contribution in [1.29, 1.82) is 0 Å². The zero-order chi connectivity index (χ0) is 22.1. The molecule has 1 saturated heterocycles. The Labute approximate surface area is 195 Å². The van der Waals surface area contributed by atoms with Crippen LogP contribution in [0.1, 0.15) is 16.1 Å². The number of piperazine rings is 1. The van der Waals surface area contributed by atoms with Gasteiger partial charge in [-0.25, -0.2) is 9.97 Å². The van der Waals surface area contributed by atoms with Gasteiger partial charge in [0.2, 0.25) is 0 Å². The van der Waals surface area contributed by atoms with E-state index in [0.29, 0.717) is 23.7 Å². The second-order valence-electron chi connectivity index (χ2n) is 7.74. The molecule has 0 radical (unpaired) electrons. The number of hydrogen-bond acceptors (Lipinski definition) is 5. The molecule has 0 atom stereocenters. The van der Waals surface area contributed by atoms with Crippen LogP contribution in [-0.4, -0.2) is 67.1 Å². The molecule has 4 aromatic rings. The molecule has 32 heavy (non-hydrogen) atoms. The summed E-state index contributed by atoms with van der Waals surface area (Å²) in [4.78, 5) is 26.2. The molecule has 164 valence electrons. The third-order valence-electron chi connectivity index (χ3n) is 5.69. The number of carbonyl (C=O) groups is 1. The molecule has 4 heterocycles. The summed E-state index contributed by atoms with van der Waals surface area (Å²) >= 11 is 7.66. The van der Waals surface area contributed by atoms with Gasteiger partial charge in [-0.15, -0.1) is 0 Å². The maximum atomic E-state index is 13.0. The van der Waals surface area contributed by atoms with Gasteiger partial charge in [-0.1, -0.05) is 23.4 Å². The number of benzene rings is 1. The normalized spacial score (nSPS) is 14.9. The van der Waals surface area contributed by atoms with Crippen LogP contribution >= 0.6 is 23.4 Å². The predicted octanol–water partition coefficient (Wildman–Crippen LogP) is 3.85. The molecule has 5 rings (SSSR count). The highest BCUT2D eigenvalue weighted by Gasteiger charge is 2.23. The van der Waals surface area contributed by atoms with Gasteiger partial charge in [0, 0.05) is 68.8 Å². The summed E-state index contributed by atoms with van der Waals surface area (Å²) in [7, 11) is 0. The fraction of sp³-hybridized carbons (Fsp3) is 0.261. The van der Waals surface area contributed by atoms with Gasteiger partial charge >= 0.3 is 0 Å². The van der Waals surface area contributed by atoms with Crippen molar-refractivity contribution in [3.63, 3.8) is 0 Å². The Morgan fingerprint density at radius 3 is 2.59 bits per heavy atom. The van der Waals surface area contributed by atoms with Crippen LogP contribution in [0, 0.1) is 0 Å². The number of nitrogens with zero attached hydrogens (tertiary/aromatic N) is 6. The lowest BCUT2D eigenvalue weighted by Crippen LogP contribution is -2.48. The monoisotopic (exact) mass is 466 g/mol. The van der Waals surface area contributed by atoms with Crippen LogP contribution in [0.4, 0.5) is 0 Å². The molecule has 1 aliphatic rings. The number of halogens is 1. The van der Waals surface area contributed by atoms with E-state index in [1.165, 1.54) is 0 Å². The van der Waals surface area contributed by atoms with Gasteiger partial charge in [-0.05, 0) is 42.7 Å². The second-order valence-corrected chi connectivity index (χ2v) is 8.95. The topological polar surface area (TPSA) is 58.7 Å². The van der Waals surface area contributed by atoms with Gasteiger partial charge in [0.05, 0.1) is 10.7 Å². The minimum Gasteiger partial charge on any atom is -0.336 e. The Morgan fingerprint density at radius 1 is 1.06 bits per heavy atom. The smallest absolute Gasteiger partial charge is 0.253 e. The zero-order valence-corrected chi connectivity index (χ0v) is 19.3. The predicted molar refractivity (Wildman–Crippen MR) is 127 cm³/mol. The Balaban J connectivity index is 1.19. The van der Waals surface area contributed by atoms with Gasteiger partial charge in [-0.3, -0.25) is 14.3 Å². The molecule has 7 nitrogen and oxygen atoms in total. The molecule has 0 saturated carbocycles. The van der Waals surface area contributed by atoms with E-state index in [9.17, 15) is 4.79 Å². The number of rotatable bonds is 5. The maximum absolute atomic E-state index is 13.0. The number of carbonyl (C=O) groups excluding carboxylic acids is 1. The molecule has 9 heteroatoms. The SMILES string of the molecule is CSc1nccn1-c1ccc(C(=O)N2CCN(Cc3cn4cc(Cl)ccc4n3)CC2)cc1. The number of thioether (sulfide) groups is 1. The quantitative estimate of drug-likeness (QED) is 0.418. The minimum atomic E-state index is 0.0780. The molecule has 1 aromatic carbocycles. The molecular formula is C23H23ClN6OS. The van der Waals surface area contributed by atoms with E-state index in [1.54, 1.807) is 18.0 Å². The van der Waals surface area contributed by atoms with Crippen LogP contribution in [0.2, 0.25) is 5.02 Å². The highest BCUT2D eigenvalue weighted by atomic mass is 35.5. The van der Waals surface area contributed by atoms with Gasteiger partial charge < -0.3 is 9.30 Å². The number of pyridine rings is 1. The van der Waals surface area contributed by atoms with E-state index >= 15 is 0 Å². The van der Waals surface area contributed by atoms with E-state index in [1.807, 2.05) is 75.1 Å². The lowest BCUT2D eigenvalue weighted by atomic mass is 10.1. The number of aromatic nitrogens is 4. The van der Waals surface area contributed by atoms with Crippen LogP contribution in [0.25, 0.3) is 11.3 Å². The first-order chi connectivity index (χ1) is 15.6. The third-order valence-corrected chi connectivity index (χ3v) is 6.58. The highest BCUT2D eigenvalue weighted by Crippen LogP contribution is 2.20. The van der Waals surface area contributed by atoms with E-state index in [2.05, 4.69) is 14.9 Å². The van der Waals surface area contributed by atoms with Crippen molar-refractivity contribution >= 4 is 34.9 Å². The average Bonchev–Trinajstić information content (AvgIpc) is 3.45. The first-order valence-corrected chi connectivity index (χ1v) is 12.0. The van der Waals surface area contributed by atoms with Crippen molar-refractivity contribution in [2.24, 2.45) is 0 Å². The van der Waals surface area contributed by atoms with E-state index in [-0.39, 0.29) is 5.91 Å². The molecule has 0 N–H and O–H groups in total. The summed E-state index contributed by atoms with van der Waals surface area (Å²) in [6, 6.07) is 11.5. The summed E-state index contributed by atoms with van der Waals surface area (Å²) in [5, 5.41) is 1.62. The van der Waals surface area contributed by atoms with Crippen molar-refractivity contribution in [2.75, 3.05) is 32.4 Å². The van der Waals surface area contributed by atoms with Gasteiger partial charge in [0.1, 0.15) is 5.65 Å². The van der Waals surface area contributed by atoms with Crippen molar-refractivity contribution in [3.05, 3.63) is 77.5 Å². The summed E-state index contributed by atoms with van der Waals surface area (Å²) in [6.45, 7) is 3.82. The minimum absolute atomic E-state index is 0.0780. The van der Waals surface area contributed by atoms with Crippen molar-refractivity contribution in [2.45, 2.75) is 11.7 Å². The zero-order valence-electron chi connectivity index (χ0n) is 17.7. The van der Waals surface area contributed by atoms with Crippen molar-refractivity contribution < 1.29 is 4.79 Å². The maximum Gasteiger partial charge on any atom is 0.253 e. The fourth-order valence-corrected chi connectivity index (χ4v) is 4.71.